The van der Waals surface area contributed by atoms with Crippen LogP contribution in [-0.4, -0.2) is 43.4 Å². The smallest absolute Gasteiger partial charge is 0.222 e. The Morgan fingerprint density at radius 1 is 1.53 bits per heavy atom. The van der Waals surface area contributed by atoms with Gasteiger partial charge in [-0.15, -0.1) is 0 Å². The van der Waals surface area contributed by atoms with Gasteiger partial charge in [-0.1, -0.05) is 13.8 Å². The lowest BCUT2D eigenvalue weighted by Gasteiger charge is -2.21. The number of ether oxygens (including phenoxy) is 1. The molecule has 5 heteroatoms. The van der Waals surface area contributed by atoms with Crippen LogP contribution in [0.2, 0.25) is 0 Å². The van der Waals surface area contributed by atoms with Gasteiger partial charge in [0.2, 0.25) is 5.91 Å². The van der Waals surface area contributed by atoms with E-state index in [-0.39, 0.29) is 37.0 Å². The fourth-order valence-corrected chi connectivity index (χ4v) is 1.16. The molecular formula is C10H22N2O3. The van der Waals surface area contributed by atoms with Gasteiger partial charge in [0.1, 0.15) is 0 Å². The van der Waals surface area contributed by atoms with E-state index in [1.165, 1.54) is 7.11 Å². The summed E-state index contributed by atoms with van der Waals surface area (Å²) in [4.78, 5) is 11.5. The van der Waals surface area contributed by atoms with E-state index in [4.69, 9.17) is 15.6 Å². The number of amides is 1. The van der Waals surface area contributed by atoms with Gasteiger partial charge in [-0.05, 0) is 5.92 Å². The van der Waals surface area contributed by atoms with Crippen LogP contribution in [0.4, 0.5) is 0 Å². The van der Waals surface area contributed by atoms with Gasteiger partial charge in [0.15, 0.2) is 0 Å². The summed E-state index contributed by atoms with van der Waals surface area (Å²) in [6.07, 6.45) is -0.0209. The van der Waals surface area contributed by atoms with Crippen molar-refractivity contribution in [2.45, 2.75) is 32.4 Å². The highest BCUT2D eigenvalue weighted by Gasteiger charge is 2.17. The Hall–Kier alpha value is -0.650. The Morgan fingerprint density at radius 3 is 2.47 bits per heavy atom. The monoisotopic (exact) mass is 218 g/mol. The Morgan fingerprint density at radius 2 is 2.13 bits per heavy atom. The third-order valence-electron chi connectivity index (χ3n) is 2.36. The molecule has 15 heavy (non-hydrogen) atoms. The molecule has 1 amide bonds. The summed E-state index contributed by atoms with van der Waals surface area (Å²) >= 11 is 0. The first-order chi connectivity index (χ1) is 7.04. The number of nitrogens with one attached hydrogen (secondary N) is 1. The molecule has 90 valence electrons. The second-order valence-corrected chi connectivity index (χ2v) is 3.90. The number of hydrogen-bond donors (Lipinski definition) is 3. The molecule has 0 spiro atoms. The Kier molecular flexibility index (Phi) is 7.29. The first-order valence-electron chi connectivity index (χ1n) is 5.18. The van der Waals surface area contributed by atoms with Crippen molar-refractivity contribution in [3.63, 3.8) is 0 Å². The number of hydrogen-bond acceptors (Lipinski definition) is 4. The van der Waals surface area contributed by atoms with Crippen LogP contribution in [0.15, 0.2) is 0 Å². The number of carbonyl (C=O) groups excluding carboxylic acids is 1. The molecule has 0 radical (unpaired) electrons. The van der Waals surface area contributed by atoms with Gasteiger partial charge in [0, 0.05) is 13.7 Å². The molecule has 5 nitrogen and oxygen atoms in total. The van der Waals surface area contributed by atoms with Crippen LogP contribution in [0.1, 0.15) is 20.3 Å². The lowest BCUT2D eigenvalue weighted by molar-refractivity contribution is -0.124. The van der Waals surface area contributed by atoms with Crippen LogP contribution in [0.3, 0.4) is 0 Å². The van der Waals surface area contributed by atoms with Crippen molar-refractivity contribution in [3.05, 3.63) is 0 Å². The molecule has 0 aromatic rings. The first-order valence-corrected chi connectivity index (χ1v) is 5.18. The normalized spacial score (nSPS) is 15.1. The topological polar surface area (TPSA) is 84.6 Å². The van der Waals surface area contributed by atoms with E-state index in [9.17, 15) is 4.79 Å². The zero-order valence-electron chi connectivity index (χ0n) is 9.69. The van der Waals surface area contributed by atoms with Crippen LogP contribution < -0.4 is 11.1 Å². The molecular weight excluding hydrogens is 196 g/mol. The van der Waals surface area contributed by atoms with Gasteiger partial charge in [-0.3, -0.25) is 4.79 Å². The Bertz CT molecular complexity index is 182. The predicted molar refractivity (Wildman–Crippen MR) is 58.3 cm³/mol. The predicted octanol–water partition coefficient (Wildman–Crippen LogP) is -0.517. The summed E-state index contributed by atoms with van der Waals surface area (Å²) in [5, 5.41) is 11.8. The van der Waals surface area contributed by atoms with Crippen LogP contribution in [0.5, 0.6) is 0 Å². The van der Waals surface area contributed by atoms with Gasteiger partial charge in [0.25, 0.3) is 0 Å². The number of methoxy groups -OCH3 is 1. The van der Waals surface area contributed by atoms with E-state index in [2.05, 4.69) is 5.32 Å². The molecule has 0 bridgehead atoms. The second kappa shape index (κ2) is 7.62. The lowest BCUT2D eigenvalue weighted by Crippen LogP contribution is -2.43. The molecule has 0 aliphatic rings. The van der Waals surface area contributed by atoms with Crippen molar-refractivity contribution in [2.75, 3.05) is 20.3 Å². The van der Waals surface area contributed by atoms with Crippen molar-refractivity contribution in [3.8, 4) is 0 Å². The highest BCUT2D eigenvalue weighted by molar-refractivity contribution is 5.76. The minimum atomic E-state index is -0.253. The molecule has 0 aliphatic carbocycles. The maximum atomic E-state index is 11.5. The minimum absolute atomic E-state index is 0.0519. The molecule has 2 atom stereocenters. The summed E-state index contributed by atoms with van der Waals surface area (Å²) in [7, 11) is 1.52. The second-order valence-electron chi connectivity index (χ2n) is 3.90. The molecule has 0 aliphatic heterocycles. The van der Waals surface area contributed by atoms with E-state index >= 15 is 0 Å². The molecule has 0 fully saturated rings. The minimum Gasteiger partial charge on any atom is -0.394 e. The van der Waals surface area contributed by atoms with Crippen molar-refractivity contribution in [2.24, 2.45) is 11.7 Å². The Balaban J connectivity index is 4.00. The SMILES string of the molecule is COC(CN)CC(=O)N[C@H](CO)C(C)C. The summed E-state index contributed by atoms with van der Waals surface area (Å²) in [5.41, 5.74) is 5.40. The standard InChI is InChI=1S/C10H22N2O3/c1-7(2)9(6-13)12-10(14)4-8(5-11)15-3/h7-9,13H,4-6,11H2,1-3H3,(H,12,14)/t8?,9-/m1/s1. The average molecular weight is 218 g/mol. The fourth-order valence-electron chi connectivity index (χ4n) is 1.16. The maximum absolute atomic E-state index is 11.5. The zero-order valence-corrected chi connectivity index (χ0v) is 9.69. The molecule has 4 N–H and O–H groups in total. The van der Waals surface area contributed by atoms with E-state index in [1.807, 2.05) is 13.8 Å². The average Bonchev–Trinajstić information content (AvgIpc) is 2.22. The van der Waals surface area contributed by atoms with Gasteiger partial charge in [0.05, 0.1) is 25.2 Å². The molecule has 0 saturated heterocycles. The van der Waals surface area contributed by atoms with Crippen molar-refractivity contribution in [1.29, 1.82) is 0 Å². The van der Waals surface area contributed by atoms with Gasteiger partial charge < -0.3 is 20.9 Å². The highest BCUT2D eigenvalue weighted by Crippen LogP contribution is 2.02. The lowest BCUT2D eigenvalue weighted by atomic mass is 10.1. The van der Waals surface area contributed by atoms with Crippen LogP contribution in [-0.2, 0) is 9.53 Å². The van der Waals surface area contributed by atoms with E-state index in [1.54, 1.807) is 0 Å². The number of aliphatic hydroxyl groups excluding tert-OH is 1. The van der Waals surface area contributed by atoms with Crippen molar-refractivity contribution < 1.29 is 14.6 Å². The molecule has 0 aromatic heterocycles. The highest BCUT2D eigenvalue weighted by atomic mass is 16.5. The Labute approximate surface area is 91.0 Å². The quantitative estimate of drug-likeness (QED) is 0.537. The number of carbonyl (C=O) groups is 1. The van der Waals surface area contributed by atoms with Crippen molar-refractivity contribution in [1.82, 2.24) is 5.32 Å². The van der Waals surface area contributed by atoms with Gasteiger partial charge >= 0.3 is 0 Å². The molecule has 0 aromatic carbocycles. The van der Waals surface area contributed by atoms with Gasteiger partial charge in [-0.2, -0.15) is 0 Å². The summed E-state index contributed by atoms with van der Waals surface area (Å²) in [5.74, 6) is 0.0675. The van der Waals surface area contributed by atoms with Gasteiger partial charge in [-0.25, -0.2) is 0 Å². The molecule has 0 heterocycles. The van der Waals surface area contributed by atoms with Crippen LogP contribution in [0.25, 0.3) is 0 Å². The largest absolute Gasteiger partial charge is 0.394 e. The molecule has 0 saturated carbocycles. The van der Waals surface area contributed by atoms with Crippen LogP contribution >= 0.6 is 0 Å². The van der Waals surface area contributed by atoms with E-state index in [0.29, 0.717) is 6.54 Å². The fraction of sp³-hybridized carbons (Fsp3) is 0.900. The summed E-state index contributed by atoms with van der Waals surface area (Å²) in [6.45, 7) is 4.15. The first kappa shape index (κ1) is 14.3. The number of rotatable bonds is 7. The summed E-state index contributed by atoms with van der Waals surface area (Å²) < 4.78 is 5.00. The van der Waals surface area contributed by atoms with Crippen LogP contribution in [0, 0.1) is 5.92 Å². The summed E-state index contributed by atoms with van der Waals surface area (Å²) in [6, 6.07) is -0.201. The molecule has 0 rings (SSSR count). The molecule has 1 unspecified atom stereocenters. The number of nitrogens with two attached hydrogens (primary N) is 1. The third kappa shape index (κ3) is 5.71. The van der Waals surface area contributed by atoms with Crippen molar-refractivity contribution >= 4 is 5.91 Å². The van der Waals surface area contributed by atoms with E-state index < -0.39 is 0 Å². The van der Waals surface area contributed by atoms with E-state index in [0.717, 1.165) is 0 Å². The maximum Gasteiger partial charge on any atom is 0.222 e. The number of aliphatic hydroxyl groups is 1. The third-order valence-corrected chi connectivity index (χ3v) is 2.36. The zero-order chi connectivity index (χ0) is 11.8.